The van der Waals surface area contributed by atoms with E-state index in [0.717, 1.165) is 25.6 Å². The van der Waals surface area contributed by atoms with E-state index in [1.54, 1.807) is 0 Å². The predicted octanol–water partition coefficient (Wildman–Crippen LogP) is 0.799. The second kappa shape index (κ2) is 4.81. The van der Waals surface area contributed by atoms with Crippen LogP contribution in [0.2, 0.25) is 0 Å². The highest BCUT2D eigenvalue weighted by Gasteiger charge is 2.34. The molecular weight excluding hydrogens is 186 g/mol. The third kappa shape index (κ3) is 2.71. The predicted molar refractivity (Wildman–Crippen MR) is 63.9 cm³/mol. The van der Waals surface area contributed by atoms with Crippen molar-refractivity contribution >= 4 is 0 Å². The Morgan fingerprint density at radius 2 is 2.27 bits per heavy atom. The third-order valence-electron chi connectivity index (χ3n) is 4.21. The van der Waals surface area contributed by atoms with Crippen LogP contribution in [0.1, 0.15) is 32.1 Å². The third-order valence-corrected chi connectivity index (χ3v) is 4.21. The van der Waals surface area contributed by atoms with E-state index in [-0.39, 0.29) is 5.54 Å². The number of likely N-dealkylation sites (tertiary alicyclic amines) is 1. The van der Waals surface area contributed by atoms with Gasteiger partial charge in [-0.3, -0.25) is 0 Å². The summed E-state index contributed by atoms with van der Waals surface area (Å²) < 4.78 is 0. The monoisotopic (exact) mass is 211 g/mol. The van der Waals surface area contributed by atoms with Gasteiger partial charge in [0.25, 0.3) is 0 Å². The maximum absolute atomic E-state index is 5.91. The van der Waals surface area contributed by atoms with Gasteiger partial charge in [-0.2, -0.15) is 0 Å². The fourth-order valence-electron chi connectivity index (χ4n) is 2.79. The zero-order valence-corrected chi connectivity index (χ0v) is 9.97. The fraction of sp³-hybridized carbons (Fsp3) is 1.00. The summed E-state index contributed by atoms with van der Waals surface area (Å²) in [7, 11) is 2.19. The van der Waals surface area contributed by atoms with Crippen molar-refractivity contribution in [2.45, 2.75) is 37.6 Å². The van der Waals surface area contributed by atoms with Crippen LogP contribution >= 0.6 is 0 Å². The van der Waals surface area contributed by atoms with E-state index in [1.165, 1.54) is 38.6 Å². The molecule has 0 amide bonds. The molecule has 0 aromatic heterocycles. The molecule has 0 aromatic carbocycles. The van der Waals surface area contributed by atoms with Gasteiger partial charge in [0.05, 0.1) is 0 Å². The molecule has 0 aromatic rings. The minimum Gasteiger partial charge on any atom is -0.329 e. The van der Waals surface area contributed by atoms with Gasteiger partial charge in [-0.05, 0) is 38.9 Å². The maximum atomic E-state index is 5.91. The molecule has 2 fully saturated rings. The smallest absolute Gasteiger partial charge is 0.0444 e. The Labute approximate surface area is 93.4 Å². The van der Waals surface area contributed by atoms with Crippen molar-refractivity contribution < 1.29 is 0 Å². The molecule has 1 saturated heterocycles. The number of nitrogens with one attached hydrogen (secondary N) is 1. The molecular formula is C12H25N3. The van der Waals surface area contributed by atoms with Gasteiger partial charge < -0.3 is 16.0 Å². The molecule has 1 aliphatic carbocycles. The first-order chi connectivity index (χ1) is 7.24. The Hall–Kier alpha value is -0.120. The molecule has 1 aliphatic heterocycles. The summed E-state index contributed by atoms with van der Waals surface area (Å²) in [5, 5.41) is 3.71. The quantitative estimate of drug-likeness (QED) is 0.707. The van der Waals surface area contributed by atoms with Gasteiger partial charge in [-0.1, -0.05) is 19.3 Å². The lowest BCUT2D eigenvalue weighted by molar-refractivity contribution is 0.262. The van der Waals surface area contributed by atoms with Crippen LogP contribution in [0.3, 0.4) is 0 Å². The van der Waals surface area contributed by atoms with E-state index in [0.29, 0.717) is 0 Å². The SMILES string of the molecule is CN1CCC(CN)(NCCC2CCC2)C1. The Morgan fingerprint density at radius 1 is 1.47 bits per heavy atom. The second-order valence-electron chi connectivity index (χ2n) is 5.48. The summed E-state index contributed by atoms with van der Waals surface area (Å²) in [5.41, 5.74) is 6.13. The first kappa shape index (κ1) is 11.4. The van der Waals surface area contributed by atoms with Gasteiger partial charge in [-0.15, -0.1) is 0 Å². The van der Waals surface area contributed by atoms with Gasteiger partial charge in [0.1, 0.15) is 0 Å². The average molecular weight is 211 g/mol. The Bertz CT molecular complexity index is 203. The number of likely N-dealkylation sites (N-methyl/N-ethyl adjacent to an activating group) is 1. The summed E-state index contributed by atoms with van der Waals surface area (Å²) in [6.45, 7) is 4.25. The molecule has 2 rings (SSSR count). The summed E-state index contributed by atoms with van der Waals surface area (Å²) >= 11 is 0. The van der Waals surface area contributed by atoms with Crippen molar-refractivity contribution in [1.29, 1.82) is 0 Å². The lowest BCUT2D eigenvalue weighted by Gasteiger charge is -2.31. The maximum Gasteiger partial charge on any atom is 0.0444 e. The minimum atomic E-state index is 0.221. The highest BCUT2D eigenvalue weighted by molar-refractivity contribution is 4.97. The van der Waals surface area contributed by atoms with Crippen LogP contribution < -0.4 is 11.1 Å². The number of nitrogens with two attached hydrogens (primary N) is 1. The van der Waals surface area contributed by atoms with Crippen LogP contribution in [-0.2, 0) is 0 Å². The second-order valence-corrected chi connectivity index (χ2v) is 5.48. The lowest BCUT2D eigenvalue weighted by Crippen LogP contribution is -2.53. The molecule has 1 unspecified atom stereocenters. The highest BCUT2D eigenvalue weighted by atomic mass is 15.2. The van der Waals surface area contributed by atoms with Crippen molar-refractivity contribution in [3.63, 3.8) is 0 Å². The van der Waals surface area contributed by atoms with Crippen molar-refractivity contribution in [1.82, 2.24) is 10.2 Å². The number of nitrogens with zero attached hydrogens (tertiary/aromatic N) is 1. The first-order valence-corrected chi connectivity index (χ1v) is 6.38. The zero-order chi connectivity index (χ0) is 10.7. The summed E-state index contributed by atoms with van der Waals surface area (Å²) in [4.78, 5) is 2.38. The van der Waals surface area contributed by atoms with Gasteiger partial charge in [-0.25, -0.2) is 0 Å². The largest absolute Gasteiger partial charge is 0.329 e. The van der Waals surface area contributed by atoms with Crippen LogP contribution in [0.4, 0.5) is 0 Å². The normalized spacial score (nSPS) is 33.2. The minimum absolute atomic E-state index is 0.221. The van der Waals surface area contributed by atoms with E-state index >= 15 is 0 Å². The standard InChI is InChI=1S/C12H25N3/c1-15-8-6-12(9-13,10-15)14-7-5-11-3-2-4-11/h11,14H,2-10,13H2,1H3. The molecule has 88 valence electrons. The van der Waals surface area contributed by atoms with Crippen LogP contribution in [0.5, 0.6) is 0 Å². The molecule has 3 nitrogen and oxygen atoms in total. The van der Waals surface area contributed by atoms with Crippen molar-refractivity contribution in [2.24, 2.45) is 11.7 Å². The number of hydrogen-bond donors (Lipinski definition) is 2. The molecule has 0 bridgehead atoms. The van der Waals surface area contributed by atoms with Gasteiger partial charge in [0.2, 0.25) is 0 Å². The van der Waals surface area contributed by atoms with Crippen molar-refractivity contribution in [3.8, 4) is 0 Å². The van der Waals surface area contributed by atoms with Gasteiger partial charge >= 0.3 is 0 Å². The molecule has 15 heavy (non-hydrogen) atoms. The molecule has 0 spiro atoms. The molecule has 3 N–H and O–H groups in total. The zero-order valence-electron chi connectivity index (χ0n) is 9.97. The Kier molecular flexibility index (Phi) is 3.65. The van der Waals surface area contributed by atoms with Crippen LogP contribution in [-0.4, -0.2) is 43.7 Å². The molecule has 3 heteroatoms. The first-order valence-electron chi connectivity index (χ1n) is 6.38. The Balaban J connectivity index is 1.70. The Morgan fingerprint density at radius 3 is 2.73 bits per heavy atom. The highest BCUT2D eigenvalue weighted by Crippen LogP contribution is 2.29. The molecule has 0 radical (unpaired) electrons. The average Bonchev–Trinajstić information content (AvgIpc) is 2.53. The van der Waals surface area contributed by atoms with E-state index in [4.69, 9.17) is 5.73 Å². The van der Waals surface area contributed by atoms with Crippen molar-refractivity contribution in [3.05, 3.63) is 0 Å². The van der Waals surface area contributed by atoms with Crippen molar-refractivity contribution in [2.75, 3.05) is 33.2 Å². The number of hydrogen-bond acceptors (Lipinski definition) is 3. The molecule has 1 saturated carbocycles. The van der Waals surface area contributed by atoms with Crippen LogP contribution in [0, 0.1) is 5.92 Å². The molecule has 2 aliphatic rings. The topological polar surface area (TPSA) is 41.3 Å². The summed E-state index contributed by atoms with van der Waals surface area (Å²) in [6.07, 6.45) is 6.93. The van der Waals surface area contributed by atoms with Crippen LogP contribution in [0.15, 0.2) is 0 Å². The van der Waals surface area contributed by atoms with Gasteiger partial charge in [0, 0.05) is 18.6 Å². The number of rotatable bonds is 5. The van der Waals surface area contributed by atoms with E-state index in [9.17, 15) is 0 Å². The molecule has 1 heterocycles. The van der Waals surface area contributed by atoms with E-state index in [1.807, 2.05) is 0 Å². The fourth-order valence-corrected chi connectivity index (χ4v) is 2.79. The summed E-state index contributed by atoms with van der Waals surface area (Å²) in [5.74, 6) is 1.01. The van der Waals surface area contributed by atoms with E-state index in [2.05, 4.69) is 17.3 Å². The lowest BCUT2D eigenvalue weighted by atomic mass is 9.83. The molecule has 1 atom stereocenters. The van der Waals surface area contributed by atoms with Crippen LogP contribution in [0.25, 0.3) is 0 Å². The van der Waals surface area contributed by atoms with Gasteiger partial charge in [0.15, 0.2) is 0 Å². The van der Waals surface area contributed by atoms with E-state index < -0.39 is 0 Å². The summed E-state index contributed by atoms with van der Waals surface area (Å²) in [6, 6.07) is 0.